The van der Waals surface area contributed by atoms with Gasteiger partial charge in [0, 0.05) is 5.88 Å². The van der Waals surface area contributed by atoms with Crippen LogP contribution >= 0.6 is 11.6 Å². The molecule has 0 aliphatic carbocycles. The number of alkyl halides is 1. The van der Waals surface area contributed by atoms with E-state index in [2.05, 4.69) is 12.1 Å². The molecule has 0 amide bonds. The molecule has 0 aliphatic heterocycles. The van der Waals surface area contributed by atoms with Crippen molar-refractivity contribution in [1.82, 2.24) is 0 Å². The third-order valence-corrected chi connectivity index (χ3v) is 3.36. The maximum absolute atomic E-state index is 9.29. The van der Waals surface area contributed by atoms with E-state index in [4.69, 9.17) is 11.6 Å². The summed E-state index contributed by atoms with van der Waals surface area (Å²) in [5, 5.41) is 9.29. The van der Waals surface area contributed by atoms with Gasteiger partial charge in [-0.2, -0.15) is 0 Å². The van der Waals surface area contributed by atoms with E-state index in [1.165, 1.54) is 0 Å². The third kappa shape index (κ3) is 2.36. The van der Waals surface area contributed by atoms with Crippen LogP contribution in [0.1, 0.15) is 16.7 Å². The molecule has 2 aromatic rings. The van der Waals surface area contributed by atoms with Gasteiger partial charge < -0.3 is 5.11 Å². The van der Waals surface area contributed by atoms with Crippen LogP contribution in [-0.2, 0) is 12.5 Å². The summed E-state index contributed by atoms with van der Waals surface area (Å²) >= 11 is 5.96. The Morgan fingerprint density at radius 3 is 2.29 bits per heavy atom. The van der Waals surface area contributed by atoms with Crippen molar-refractivity contribution >= 4 is 11.6 Å². The monoisotopic (exact) mass is 246 g/mol. The van der Waals surface area contributed by atoms with E-state index in [0.717, 1.165) is 27.8 Å². The van der Waals surface area contributed by atoms with E-state index in [0.29, 0.717) is 5.88 Å². The van der Waals surface area contributed by atoms with Crippen LogP contribution in [0.25, 0.3) is 11.1 Å². The summed E-state index contributed by atoms with van der Waals surface area (Å²) in [4.78, 5) is 0. The van der Waals surface area contributed by atoms with Gasteiger partial charge >= 0.3 is 0 Å². The average molecular weight is 247 g/mol. The van der Waals surface area contributed by atoms with Gasteiger partial charge in [-0.15, -0.1) is 11.6 Å². The van der Waals surface area contributed by atoms with Crippen LogP contribution in [0.5, 0.6) is 0 Å². The van der Waals surface area contributed by atoms with E-state index in [-0.39, 0.29) is 6.61 Å². The molecule has 0 fully saturated rings. The van der Waals surface area contributed by atoms with Crippen LogP contribution in [0.3, 0.4) is 0 Å². The number of benzene rings is 2. The van der Waals surface area contributed by atoms with E-state index in [1.807, 2.05) is 37.3 Å². The molecule has 2 heteroatoms. The SMILES string of the molecule is Cc1c(CO)cccc1-c1ccccc1CCl. The predicted octanol–water partition coefficient (Wildman–Crippen LogP) is 3.89. The number of rotatable bonds is 3. The third-order valence-electron chi connectivity index (χ3n) is 3.07. The summed E-state index contributed by atoms with van der Waals surface area (Å²) in [6.45, 7) is 2.11. The van der Waals surface area contributed by atoms with Crippen molar-refractivity contribution in [2.75, 3.05) is 0 Å². The fourth-order valence-electron chi connectivity index (χ4n) is 2.05. The Hall–Kier alpha value is -1.31. The number of hydrogen-bond donors (Lipinski definition) is 1. The molecule has 0 radical (unpaired) electrons. The molecule has 88 valence electrons. The van der Waals surface area contributed by atoms with Crippen LogP contribution in [0.4, 0.5) is 0 Å². The maximum atomic E-state index is 9.29. The molecule has 17 heavy (non-hydrogen) atoms. The second-order valence-electron chi connectivity index (χ2n) is 4.04. The first-order chi connectivity index (χ1) is 8.27. The van der Waals surface area contributed by atoms with Crippen LogP contribution in [0, 0.1) is 6.92 Å². The molecular formula is C15H15ClO. The van der Waals surface area contributed by atoms with E-state index < -0.39 is 0 Å². The van der Waals surface area contributed by atoms with Crippen LogP contribution in [0.2, 0.25) is 0 Å². The second-order valence-corrected chi connectivity index (χ2v) is 4.31. The Labute approximate surface area is 107 Å². The van der Waals surface area contributed by atoms with Gasteiger partial charge in [-0.05, 0) is 34.7 Å². The molecule has 1 N–H and O–H groups in total. The van der Waals surface area contributed by atoms with Gasteiger partial charge in [-0.1, -0.05) is 42.5 Å². The van der Waals surface area contributed by atoms with Crippen LogP contribution in [-0.4, -0.2) is 5.11 Å². The minimum Gasteiger partial charge on any atom is -0.392 e. The molecule has 0 aliphatic rings. The second kappa shape index (κ2) is 5.35. The van der Waals surface area contributed by atoms with Crippen molar-refractivity contribution in [1.29, 1.82) is 0 Å². The molecule has 0 saturated carbocycles. The minimum atomic E-state index is 0.0721. The van der Waals surface area contributed by atoms with Crippen LogP contribution in [0.15, 0.2) is 42.5 Å². The Bertz CT molecular complexity index is 520. The summed E-state index contributed by atoms with van der Waals surface area (Å²) in [6.07, 6.45) is 0. The van der Waals surface area contributed by atoms with Gasteiger partial charge in [0.05, 0.1) is 6.61 Å². The summed E-state index contributed by atoms with van der Waals surface area (Å²) in [5.74, 6) is 0.499. The van der Waals surface area contributed by atoms with Crippen molar-refractivity contribution in [3.8, 4) is 11.1 Å². The number of aliphatic hydroxyl groups is 1. The first-order valence-electron chi connectivity index (χ1n) is 5.61. The number of halogens is 1. The van der Waals surface area contributed by atoms with Gasteiger partial charge in [0.1, 0.15) is 0 Å². The molecule has 2 rings (SSSR count). The van der Waals surface area contributed by atoms with Gasteiger partial charge in [0.2, 0.25) is 0 Å². The average Bonchev–Trinajstić information content (AvgIpc) is 2.39. The van der Waals surface area contributed by atoms with Crippen molar-refractivity contribution in [2.45, 2.75) is 19.4 Å². The molecule has 2 aromatic carbocycles. The van der Waals surface area contributed by atoms with Crippen molar-refractivity contribution < 1.29 is 5.11 Å². The normalized spacial score (nSPS) is 10.5. The zero-order chi connectivity index (χ0) is 12.3. The summed E-state index contributed by atoms with van der Waals surface area (Å²) in [7, 11) is 0. The Morgan fingerprint density at radius 2 is 1.59 bits per heavy atom. The molecule has 0 unspecified atom stereocenters. The highest BCUT2D eigenvalue weighted by molar-refractivity contribution is 6.17. The summed E-state index contributed by atoms with van der Waals surface area (Å²) < 4.78 is 0. The predicted molar refractivity (Wildman–Crippen MR) is 72.1 cm³/mol. The van der Waals surface area contributed by atoms with Crippen molar-refractivity contribution in [2.24, 2.45) is 0 Å². The Morgan fingerprint density at radius 1 is 0.941 bits per heavy atom. The lowest BCUT2D eigenvalue weighted by Crippen LogP contribution is -1.94. The van der Waals surface area contributed by atoms with Gasteiger partial charge in [-0.3, -0.25) is 0 Å². The highest BCUT2D eigenvalue weighted by Gasteiger charge is 2.08. The molecule has 1 nitrogen and oxygen atoms in total. The largest absolute Gasteiger partial charge is 0.392 e. The molecule has 0 heterocycles. The van der Waals surface area contributed by atoms with Gasteiger partial charge in [0.25, 0.3) is 0 Å². The topological polar surface area (TPSA) is 20.2 Å². The molecule has 0 bridgehead atoms. The fraction of sp³-hybridized carbons (Fsp3) is 0.200. The maximum Gasteiger partial charge on any atom is 0.0684 e. The lowest BCUT2D eigenvalue weighted by Gasteiger charge is -2.12. The fourth-order valence-corrected chi connectivity index (χ4v) is 2.28. The lowest BCUT2D eigenvalue weighted by atomic mass is 9.94. The van der Waals surface area contributed by atoms with E-state index >= 15 is 0 Å². The zero-order valence-electron chi connectivity index (χ0n) is 9.78. The molecule has 0 atom stereocenters. The van der Waals surface area contributed by atoms with Crippen molar-refractivity contribution in [3.63, 3.8) is 0 Å². The summed E-state index contributed by atoms with van der Waals surface area (Å²) in [6, 6.07) is 14.1. The van der Waals surface area contributed by atoms with Gasteiger partial charge in [0.15, 0.2) is 0 Å². The molecule has 0 spiro atoms. The number of hydrogen-bond acceptors (Lipinski definition) is 1. The van der Waals surface area contributed by atoms with Crippen molar-refractivity contribution in [3.05, 3.63) is 59.2 Å². The Balaban J connectivity index is 2.60. The standard InChI is InChI=1S/C15H15ClO/c1-11-13(10-17)6-4-8-14(11)15-7-3-2-5-12(15)9-16/h2-8,17H,9-10H2,1H3. The first kappa shape index (κ1) is 12.2. The highest BCUT2D eigenvalue weighted by Crippen LogP contribution is 2.29. The quantitative estimate of drug-likeness (QED) is 0.815. The van der Waals surface area contributed by atoms with Gasteiger partial charge in [-0.25, -0.2) is 0 Å². The summed E-state index contributed by atoms with van der Waals surface area (Å²) in [5.41, 5.74) is 5.50. The molecule has 0 saturated heterocycles. The molecule has 0 aromatic heterocycles. The molecular weight excluding hydrogens is 232 g/mol. The zero-order valence-corrected chi connectivity index (χ0v) is 10.5. The van der Waals surface area contributed by atoms with E-state index in [1.54, 1.807) is 0 Å². The first-order valence-corrected chi connectivity index (χ1v) is 6.15. The highest BCUT2D eigenvalue weighted by atomic mass is 35.5. The van der Waals surface area contributed by atoms with E-state index in [9.17, 15) is 5.11 Å². The lowest BCUT2D eigenvalue weighted by molar-refractivity contribution is 0.281. The number of aliphatic hydroxyl groups excluding tert-OH is 1. The minimum absolute atomic E-state index is 0.0721. The Kier molecular flexibility index (Phi) is 3.82. The van der Waals surface area contributed by atoms with Crippen LogP contribution < -0.4 is 0 Å². The smallest absolute Gasteiger partial charge is 0.0684 e.